The molecule has 0 atom stereocenters. The number of fused-ring (bicyclic) bond motifs is 1. The molecule has 0 radical (unpaired) electrons. The molecule has 2 aromatic rings. The van der Waals surface area contributed by atoms with Crippen LogP contribution in [-0.2, 0) is 32.6 Å². The average Bonchev–Trinajstić information content (AvgIpc) is 3.29. The third-order valence-electron chi connectivity index (χ3n) is 5.00. The van der Waals surface area contributed by atoms with Crippen LogP contribution in [0.1, 0.15) is 36.0 Å². The van der Waals surface area contributed by atoms with E-state index in [-0.39, 0.29) is 23.4 Å². The Balaban J connectivity index is 1.35. The van der Waals surface area contributed by atoms with Crippen molar-refractivity contribution in [1.82, 2.24) is 9.88 Å². The minimum atomic E-state index is -3.62. The molecule has 1 saturated heterocycles. The van der Waals surface area contributed by atoms with E-state index in [4.69, 9.17) is 4.74 Å². The van der Waals surface area contributed by atoms with Crippen LogP contribution in [-0.4, -0.2) is 43.2 Å². The maximum Gasteiger partial charge on any atom is 0.309 e. The summed E-state index contributed by atoms with van der Waals surface area (Å²) in [6.07, 6.45) is 2.09. The molecule has 0 aliphatic carbocycles. The number of esters is 1. The first-order valence-corrected chi connectivity index (χ1v) is 11.6. The average molecular weight is 420 g/mol. The summed E-state index contributed by atoms with van der Waals surface area (Å²) in [7, 11) is -3.62. The second-order valence-electron chi connectivity index (χ2n) is 6.84. The molecule has 9 heteroatoms. The summed E-state index contributed by atoms with van der Waals surface area (Å²) in [6, 6.07) is 6.86. The summed E-state index contributed by atoms with van der Waals surface area (Å²) in [5, 5.41) is 2.96. The summed E-state index contributed by atoms with van der Waals surface area (Å²) >= 11 is 1.57. The minimum absolute atomic E-state index is 0.186. The number of amidine groups is 1. The molecule has 2 aliphatic rings. The number of carbonyl (C=O) groups excluding carboxylic acids is 1. The molecule has 3 heterocycles. The highest BCUT2D eigenvalue weighted by molar-refractivity contribution is 7.90. The van der Waals surface area contributed by atoms with Crippen LogP contribution in [0.15, 0.2) is 38.9 Å². The predicted octanol–water partition coefficient (Wildman–Crippen LogP) is 2.61. The van der Waals surface area contributed by atoms with Crippen LogP contribution in [0.3, 0.4) is 0 Å². The van der Waals surface area contributed by atoms with E-state index in [1.54, 1.807) is 29.5 Å². The van der Waals surface area contributed by atoms with Crippen molar-refractivity contribution in [1.29, 1.82) is 0 Å². The monoisotopic (exact) mass is 419 g/mol. The number of hydrogen-bond donors (Lipinski definition) is 0. The van der Waals surface area contributed by atoms with Crippen molar-refractivity contribution >= 4 is 33.2 Å². The molecule has 2 aliphatic heterocycles. The van der Waals surface area contributed by atoms with Crippen molar-refractivity contribution in [3.05, 3.63) is 45.9 Å². The second-order valence-corrected chi connectivity index (χ2v) is 9.36. The van der Waals surface area contributed by atoms with Crippen LogP contribution in [0.4, 0.5) is 0 Å². The van der Waals surface area contributed by atoms with Gasteiger partial charge in [0.2, 0.25) is 0 Å². The highest BCUT2D eigenvalue weighted by atomic mass is 32.2. The van der Waals surface area contributed by atoms with Gasteiger partial charge in [0.15, 0.2) is 5.84 Å². The molecule has 1 fully saturated rings. The van der Waals surface area contributed by atoms with E-state index in [2.05, 4.69) is 9.38 Å². The van der Waals surface area contributed by atoms with Crippen molar-refractivity contribution in [2.45, 2.75) is 37.7 Å². The van der Waals surface area contributed by atoms with Crippen LogP contribution in [0.5, 0.6) is 0 Å². The fraction of sp³-hybridized carbons (Fsp3) is 0.421. The summed E-state index contributed by atoms with van der Waals surface area (Å²) in [5.74, 6) is 0.0819. The van der Waals surface area contributed by atoms with Crippen molar-refractivity contribution in [3.63, 3.8) is 0 Å². The number of aryl methyl sites for hydroxylation is 1. The third-order valence-corrected chi connectivity index (χ3v) is 7.37. The number of rotatable bonds is 4. The third kappa shape index (κ3) is 3.68. The molecule has 1 aromatic carbocycles. The van der Waals surface area contributed by atoms with E-state index in [0.29, 0.717) is 37.3 Å². The van der Waals surface area contributed by atoms with E-state index in [1.807, 2.05) is 23.3 Å². The normalized spacial score (nSPS) is 18.6. The van der Waals surface area contributed by atoms with Crippen LogP contribution in [0.2, 0.25) is 0 Å². The Morgan fingerprint density at radius 1 is 1.29 bits per heavy atom. The maximum atomic E-state index is 12.4. The number of piperidine rings is 1. The number of sulfonamides is 1. The molecule has 0 saturated carbocycles. The van der Waals surface area contributed by atoms with E-state index in [9.17, 15) is 13.2 Å². The molecule has 148 valence electrons. The number of nitrogens with zero attached hydrogens (tertiary/aromatic N) is 3. The second kappa shape index (κ2) is 7.63. The van der Waals surface area contributed by atoms with Crippen molar-refractivity contribution in [2.24, 2.45) is 10.3 Å². The molecule has 0 N–H and O–H groups in total. The molecular formula is C19H21N3O4S2. The van der Waals surface area contributed by atoms with E-state index < -0.39 is 10.0 Å². The molecule has 0 unspecified atom stereocenters. The van der Waals surface area contributed by atoms with Crippen LogP contribution >= 0.6 is 11.3 Å². The zero-order valence-corrected chi connectivity index (χ0v) is 17.1. The largest absolute Gasteiger partial charge is 0.459 e. The lowest BCUT2D eigenvalue weighted by atomic mass is 9.96. The molecule has 28 heavy (non-hydrogen) atoms. The number of thiazole rings is 1. The Bertz CT molecular complexity index is 1020. The molecule has 0 amide bonds. The Labute approximate surface area is 168 Å². The van der Waals surface area contributed by atoms with Gasteiger partial charge in [-0.05, 0) is 31.4 Å². The number of benzene rings is 1. The number of aromatic nitrogens is 1. The van der Waals surface area contributed by atoms with E-state index >= 15 is 0 Å². The summed E-state index contributed by atoms with van der Waals surface area (Å²) < 4.78 is 33.9. The fourth-order valence-electron chi connectivity index (χ4n) is 3.48. The van der Waals surface area contributed by atoms with Gasteiger partial charge in [-0.2, -0.15) is 8.42 Å². The number of likely N-dealkylation sites (tertiary alicyclic amines) is 1. The summed E-state index contributed by atoms with van der Waals surface area (Å²) in [6.45, 7) is 3.38. The Morgan fingerprint density at radius 2 is 2.04 bits per heavy atom. The fourth-order valence-corrected chi connectivity index (χ4v) is 5.44. The topological polar surface area (TPSA) is 88.9 Å². The van der Waals surface area contributed by atoms with Crippen LogP contribution in [0.25, 0.3) is 0 Å². The standard InChI is InChI=1S/C19H21N3O4S2/c1-2-17-20-14(12-27-17)11-26-19(23)13-7-9-22(10-8-13)18-15-5-3-4-6-16(15)28(24,25)21-18/h3-6,12-13H,2,7-11H2,1H3. The number of ether oxygens (including phenoxy) is 1. The van der Waals surface area contributed by atoms with Gasteiger partial charge in [0, 0.05) is 24.0 Å². The minimum Gasteiger partial charge on any atom is -0.459 e. The zero-order chi connectivity index (χ0) is 19.7. The molecule has 0 bridgehead atoms. The lowest BCUT2D eigenvalue weighted by Gasteiger charge is -2.32. The number of carbonyl (C=O) groups is 1. The lowest BCUT2D eigenvalue weighted by molar-refractivity contribution is -0.151. The van der Waals surface area contributed by atoms with Crippen LogP contribution < -0.4 is 0 Å². The van der Waals surface area contributed by atoms with Crippen LogP contribution in [0, 0.1) is 5.92 Å². The Morgan fingerprint density at radius 3 is 2.75 bits per heavy atom. The predicted molar refractivity (Wildman–Crippen MR) is 106 cm³/mol. The van der Waals surface area contributed by atoms with Gasteiger partial charge in [0.1, 0.15) is 11.5 Å². The Kier molecular flexibility index (Phi) is 5.20. The van der Waals surface area contributed by atoms with Gasteiger partial charge in [-0.3, -0.25) is 4.79 Å². The van der Waals surface area contributed by atoms with Gasteiger partial charge >= 0.3 is 5.97 Å². The van der Waals surface area contributed by atoms with Crippen molar-refractivity contribution < 1.29 is 17.9 Å². The number of hydrogen-bond acceptors (Lipinski definition) is 7. The van der Waals surface area contributed by atoms with Gasteiger partial charge in [-0.15, -0.1) is 15.7 Å². The molecule has 7 nitrogen and oxygen atoms in total. The van der Waals surface area contributed by atoms with Crippen molar-refractivity contribution in [2.75, 3.05) is 13.1 Å². The van der Waals surface area contributed by atoms with Gasteiger partial charge in [-0.1, -0.05) is 19.1 Å². The maximum absolute atomic E-state index is 12.4. The molecular weight excluding hydrogens is 398 g/mol. The quantitative estimate of drug-likeness (QED) is 0.708. The smallest absolute Gasteiger partial charge is 0.309 e. The first kappa shape index (κ1) is 19.1. The Hall–Kier alpha value is -2.26. The van der Waals surface area contributed by atoms with E-state index in [1.165, 1.54) is 0 Å². The van der Waals surface area contributed by atoms with Gasteiger partial charge in [0.05, 0.1) is 16.6 Å². The molecule has 4 rings (SSSR count). The highest BCUT2D eigenvalue weighted by Gasteiger charge is 2.34. The van der Waals surface area contributed by atoms with E-state index in [0.717, 1.165) is 17.1 Å². The first-order chi connectivity index (χ1) is 13.5. The highest BCUT2D eigenvalue weighted by Crippen LogP contribution is 2.30. The zero-order valence-electron chi connectivity index (χ0n) is 15.5. The lowest BCUT2D eigenvalue weighted by Crippen LogP contribution is -2.40. The summed E-state index contributed by atoms with van der Waals surface area (Å²) in [5.41, 5.74) is 1.42. The van der Waals surface area contributed by atoms with Gasteiger partial charge < -0.3 is 9.64 Å². The first-order valence-electron chi connectivity index (χ1n) is 9.27. The van der Waals surface area contributed by atoms with Gasteiger partial charge in [-0.25, -0.2) is 4.98 Å². The molecule has 0 spiro atoms. The SMILES string of the molecule is CCc1nc(COC(=O)C2CCN(C3=NS(=O)(=O)c4ccccc43)CC2)cs1. The summed E-state index contributed by atoms with van der Waals surface area (Å²) in [4.78, 5) is 19.0. The van der Waals surface area contributed by atoms with Gasteiger partial charge in [0.25, 0.3) is 10.0 Å². The van der Waals surface area contributed by atoms with Crippen molar-refractivity contribution in [3.8, 4) is 0 Å². The molecule has 1 aromatic heterocycles.